The molecule has 5 rings (SSSR count). The minimum absolute atomic E-state index is 0.00994. The Morgan fingerprint density at radius 2 is 1.71 bits per heavy atom. The lowest BCUT2D eigenvalue weighted by Crippen LogP contribution is -2.56. The number of sulfone groups is 1. The third-order valence-electron chi connectivity index (χ3n) is 9.09. The Morgan fingerprint density at radius 3 is 2.29 bits per heavy atom. The fraction of sp³-hybridized carbons (Fsp3) is 0.692. The number of amides is 3. The molecule has 35 heavy (non-hydrogen) atoms. The van der Waals surface area contributed by atoms with Crippen LogP contribution >= 0.6 is 0 Å². The van der Waals surface area contributed by atoms with Crippen LogP contribution in [0, 0.1) is 5.92 Å². The first-order valence-corrected chi connectivity index (χ1v) is 14.9. The highest BCUT2D eigenvalue weighted by Crippen LogP contribution is 2.47. The smallest absolute Gasteiger partial charge is 0.321 e. The fourth-order valence-electron chi connectivity index (χ4n) is 6.45. The molecule has 4 aliphatic rings. The highest BCUT2D eigenvalue weighted by Gasteiger charge is 2.54. The van der Waals surface area contributed by atoms with Crippen LogP contribution in [0.5, 0.6) is 0 Å². The highest BCUT2D eigenvalue weighted by atomic mass is 32.2. The third kappa shape index (κ3) is 4.69. The summed E-state index contributed by atoms with van der Waals surface area (Å²) < 4.78 is 23.5. The standard InChI is InChI=1S/C26H38N4O4S/c1-27-26(22-8-3-2-4-9-22)12-10-25(11-13-26)20-29(24(32)30(25)18-21-6-5-7-21)19-23(31)28-14-16-35(33,34)17-15-28/h2-4,8-9,21,27H,5-7,10-20H2,1H3/t25-,26-. The number of rotatable bonds is 6. The van der Waals surface area contributed by atoms with Crippen molar-refractivity contribution in [2.24, 2.45) is 5.92 Å². The molecule has 2 aliphatic carbocycles. The number of hydrogen-bond donors (Lipinski definition) is 1. The number of hydrogen-bond acceptors (Lipinski definition) is 5. The first-order valence-electron chi connectivity index (χ1n) is 13.1. The maximum absolute atomic E-state index is 13.6. The molecule has 3 amide bonds. The molecule has 2 aliphatic heterocycles. The second kappa shape index (κ2) is 9.39. The van der Waals surface area contributed by atoms with Crippen LogP contribution in [0.2, 0.25) is 0 Å². The molecule has 0 bridgehead atoms. The van der Waals surface area contributed by atoms with Crippen molar-refractivity contribution in [3.63, 3.8) is 0 Å². The molecule has 9 heteroatoms. The second-order valence-electron chi connectivity index (χ2n) is 11.0. The summed E-state index contributed by atoms with van der Waals surface area (Å²) in [6.45, 7) is 1.84. The van der Waals surface area contributed by atoms with Gasteiger partial charge in [0, 0.05) is 31.7 Å². The highest BCUT2D eigenvalue weighted by molar-refractivity contribution is 7.91. The summed E-state index contributed by atoms with van der Waals surface area (Å²) in [5, 5.41) is 3.60. The van der Waals surface area contributed by atoms with E-state index in [4.69, 9.17) is 0 Å². The van der Waals surface area contributed by atoms with E-state index in [0.717, 1.165) is 32.2 Å². The lowest BCUT2D eigenvalue weighted by Gasteiger charge is -2.49. The van der Waals surface area contributed by atoms with E-state index >= 15 is 0 Å². The van der Waals surface area contributed by atoms with Gasteiger partial charge >= 0.3 is 6.03 Å². The van der Waals surface area contributed by atoms with E-state index in [0.29, 0.717) is 12.5 Å². The molecular weight excluding hydrogens is 464 g/mol. The lowest BCUT2D eigenvalue weighted by atomic mass is 9.68. The average Bonchev–Trinajstić information content (AvgIpc) is 3.07. The molecule has 0 unspecified atom stereocenters. The number of nitrogens with zero attached hydrogens (tertiary/aromatic N) is 3. The molecule has 1 spiro atoms. The van der Waals surface area contributed by atoms with Gasteiger partial charge in [-0.1, -0.05) is 36.8 Å². The van der Waals surface area contributed by atoms with E-state index in [-0.39, 0.29) is 54.2 Å². The maximum atomic E-state index is 13.6. The lowest BCUT2D eigenvalue weighted by molar-refractivity contribution is -0.131. The van der Waals surface area contributed by atoms with Gasteiger partial charge in [-0.05, 0) is 57.1 Å². The summed E-state index contributed by atoms with van der Waals surface area (Å²) in [7, 11) is -1.02. The zero-order valence-electron chi connectivity index (χ0n) is 20.7. The van der Waals surface area contributed by atoms with Crippen molar-refractivity contribution in [3.8, 4) is 0 Å². The molecule has 0 atom stereocenters. The van der Waals surface area contributed by atoms with Crippen LogP contribution < -0.4 is 5.32 Å². The Labute approximate surface area is 208 Å². The van der Waals surface area contributed by atoms with Crippen LogP contribution in [-0.4, -0.2) is 91.9 Å². The van der Waals surface area contributed by atoms with Crippen LogP contribution in [-0.2, 0) is 20.2 Å². The van der Waals surface area contributed by atoms with E-state index in [1.54, 1.807) is 9.80 Å². The summed E-state index contributed by atoms with van der Waals surface area (Å²) >= 11 is 0. The zero-order chi connectivity index (χ0) is 24.7. The first-order chi connectivity index (χ1) is 16.8. The third-order valence-corrected chi connectivity index (χ3v) is 10.7. The molecule has 1 aromatic rings. The largest absolute Gasteiger partial charge is 0.339 e. The van der Waals surface area contributed by atoms with Crippen LogP contribution in [0.4, 0.5) is 4.79 Å². The van der Waals surface area contributed by atoms with Gasteiger partial charge in [-0.3, -0.25) is 4.79 Å². The minimum atomic E-state index is -3.05. The molecule has 192 valence electrons. The molecule has 1 N–H and O–H groups in total. The fourth-order valence-corrected chi connectivity index (χ4v) is 7.65. The summed E-state index contributed by atoms with van der Waals surface area (Å²) in [5.41, 5.74) is 0.951. The van der Waals surface area contributed by atoms with Crippen LogP contribution in [0.25, 0.3) is 0 Å². The quantitative estimate of drug-likeness (QED) is 0.644. The summed E-state index contributed by atoms with van der Waals surface area (Å²) in [6.07, 6.45) is 7.25. The molecule has 2 saturated carbocycles. The van der Waals surface area contributed by atoms with Crippen LogP contribution in [0.1, 0.15) is 50.5 Å². The molecule has 2 heterocycles. The zero-order valence-corrected chi connectivity index (χ0v) is 21.6. The van der Waals surface area contributed by atoms with Crippen molar-refractivity contribution >= 4 is 21.8 Å². The Morgan fingerprint density at radius 1 is 1.06 bits per heavy atom. The van der Waals surface area contributed by atoms with Gasteiger partial charge in [0.25, 0.3) is 0 Å². The summed E-state index contributed by atoms with van der Waals surface area (Å²) in [6, 6.07) is 10.6. The number of carbonyl (C=O) groups excluding carboxylic acids is 2. The second-order valence-corrected chi connectivity index (χ2v) is 13.3. The predicted octanol–water partition coefficient (Wildman–Crippen LogP) is 2.21. The topological polar surface area (TPSA) is 90.0 Å². The van der Waals surface area contributed by atoms with Crippen molar-refractivity contribution in [3.05, 3.63) is 35.9 Å². The van der Waals surface area contributed by atoms with Gasteiger partial charge < -0.3 is 20.0 Å². The molecule has 2 saturated heterocycles. The summed E-state index contributed by atoms with van der Waals surface area (Å²) in [4.78, 5) is 32.1. The van der Waals surface area contributed by atoms with E-state index in [2.05, 4.69) is 34.5 Å². The van der Waals surface area contributed by atoms with Crippen LogP contribution in [0.3, 0.4) is 0 Å². The van der Waals surface area contributed by atoms with Crippen molar-refractivity contribution in [1.82, 2.24) is 20.0 Å². The van der Waals surface area contributed by atoms with E-state index in [1.807, 2.05) is 13.1 Å². The van der Waals surface area contributed by atoms with Crippen LogP contribution in [0.15, 0.2) is 30.3 Å². The molecular formula is C26H38N4O4S. The predicted molar refractivity (Wildman–Crippen MR) is 135 cm³/mol. The number of urea groups is 1. The normalized spacial score (nSPS) is 31.1. The number of nitrogens with one attached hydrogen (secondary N) is 1. The Kier molecular flexibility index (Phi) is 6.59. The Hall–Kier alpha value is -2.13. The summed E-state index contributed by atoms with van der Waals surface area (Å²) in [5.74, 6) is 0.439. The minimum Gasteiger partial charge on any atom is -0.339 e. The van der Waals surface area contributed by atoms with Gasteiger partial charge in [0.2, 0.25) is 5.91 Å². The van der Waals surface area contributed by atoms with Gasteiger partial charge in [0.1, 0.15) is 6.54 Å². The van der Waals surface area contributed by atoms with E-state index < -0.39 is 9.84 Å². The number of benzene rings is 1. The maximum Gasteiger partial charge on any atom is 0.321 e. The van der Waals surface area contributed by atoms with Crippen molar-refractivity contribution in [2.45, 2.75) is 56.0 Å². The average molecular weight is 503 g/mol. The molecule has 4 fully saturated rings. The molecule has 0 radical (unpaired) electrons. The van der Waals surface area contributed by atoms with Gasteiger partial charge in [-0.25, -0.2) is 13.2 Å². The number of carbonyl (C=O) groups is 2. The Bertz CT molecular complexity index is 1030. The van der Waals surface area contributed by atoms with E-state index in [1.165, 1.54) is 24.8 Å². The van der Waals surface area contributed by atoms with Gasteiger partial charge in [-0.2, -0.15) is 0 Å². The molecule has 8 nitrogen and oxygen atoms in total. The SMILES string of the molecule is CN[C@]1(c2ccccc2)CC[C@@]2(CC1)CN(CC(=O)N1CCS(=O)(=O)CC1)C(=O)N2CC1CCC1. The first kappa shape index (κ1) is 24.6. The van der Waals surface area contributed by atoms with Gasteiger partial charge in [-0.15, -0.1) is 0 Å². The molecule has 0 aromatic heterocycles. The van der Waals surface area contributed by atoms with Crippen molar-refractivity contribution in [2.75, 3.05) is 51.3 Å². The van der Waals surface area contributed by atoms with Gasteiger partial charge in [0.15, 0.2) is 9.84 Å². The Balaban J connectivity index is 1.32. The molecule has 1 aromatic carbocycles. The van der Waals surface area contributed by atoms with E-state index in [9.17, 15) is 18.0 Å². The monoisotopic (exact) mass is 502 g/mol. The van der Waals surface area contributed by atoms with Crippen molar-refractivity contribution < 1.29 is 18.0 Å². The van der Waals surface area contributed by atoms with Gasteiger partial charge in [0.05, 0.1) is 17.0 Å². The van der Waals surface area contributed by atoms with Crippen molar-refractivity contribution in [1.29, 1.82) is 0 Å².